The van der Waals surface area contributed by atoms with Gasteiger partial charge in [0, 0.05) is 17.9 Å². The molecular weight excluding hydrogens is 315 g/mol. The molecule has 0 unspecified atom stereocenters. The molecule has 5 nitrogen and oxygen atoms in total. The average Bonchev–Trinajstić information content (AvgIpc) is 2.56. The van der Waals surface area contributed by atoms with Crippen LogP contribution in [-0.4, -0.2) is 38.0 Å². The predicted octanol–water partition coefficient (Wildman–Crippen LogP) is 1.72. The van der Waals surface area contributed by atoms with E-state index in [9.17, 15) is 17.2 Å². The van der Waals surface area contributed by atoms with Crippen molar-refractivity contribution in [1.29, 1.82) is 0 Å². The van der Waals surface area contributed by atoms with Crippen LogP contribution in [0.3, 0.4) is 0 Å². The Labute approximate surface area is 129 Å². The van der Waals surface area contributed by atoms with E-state index in [1.54, 1.807) is 0 Å². The van der Waals surface area contributed by atoms with Crippen LogP contribution in [0.1, 0.15) is 39.7 Å². The molecule has 0 N–H and O–H groups in total. The molecule has 1 fully saturated rings. The number of pyridine rings is 1. The van der Waals surface area contributed by atoms with Gasteiger partial charge in [0.25, 0.3) is 6.43 Å². The van der Waals surface area contributed by atoms with Crippen LogP contribution in [0.4, 0.5) is 8.78 Å². The third kappa shape index (κ3) is 3.02. The molecule has 1 aliphatic heterocycles. The highest BCUT2D eigenvalue weighted by Gasteiger charge is 2.52. The highest BCUT2D eigenvalue weighted by atomic mass is 32.2. The van der Waals surface area contributed by atoms with E-state index in [-0.39, 0.29) is 5.46 Å². The second kappa shape index (κ2) is 5.24. The lowest BCUT2D eigenvalue weighted by Gasteiger charge is -2.32. The third-order valence-corrected chi connectivity index (χ3v) is 5.06. The number of sulfone groups is 1. The fourth-order valence-electron chi connectivity index (χ4n) is 2.06. The minimum absolute atomic E-state index is 0.265. The van der Waals surface area contributed by atoms with Gasteiger partial charge in [0.2, 0.25) is 0 Å². The first-order valence-electron chi connectivity index (χ1n) is 6.69. The fourth-order valence-corrected chi connectivity index (χ4v) is 2.88. The third-order valence-electron chi connectivity index (χ3n) is 4.01. The number of halogens is 2. The van der Waals surface area contributed by atoms with E-state index in [0.717, 1.165) is 12.3 Å². The molecule has 0 radical (unpaired) electrons. The van der Waals surface area contributed by atoms with E-state index < -0.39 is 45.2 Å². The van der Waals surface area contributed by atoms with Crippen LogP contribution in [0.5, 0.6) is 0 Å². The summed E-state index contributed by atoms with van der Waals surface area (Å²) < 4.78 is 60.9. The zero-order valence-corrected chi connectivity index (χ0v) is 13.9. The summed E-state index contributed by atoms with van der Waals surface area (Å²) in [7, 11) is -4.71. The lowest BCUT2D eigenvalue weighted by Crippen LogP contribution is -2.41. The second-order valence-electron chi connectivity index (χ2n) is 6.32. The molecular formula is C13H18BF2NO4S. The number of nitrogens with zero attached hydrogens (tertiary/aromatic N) is 1. The predicted molar refractivity (Wildman–Crippen MR) is 78.0 cm³/mol. The molecule has 1 saturated heterocycles. The summed E-state index contributed by atoms with van der Waals surface area (Å²) in [6.45, 7) is 7.33. The summed E-state index contributed by atoms with van der Waals surface area (Å²) in [5.41, 5.74) is -1.63. The van der Waals surface area contributed by atoms with Gasteiger partial charge in [-0.25, -0.2) is 22.2 Å². The average molecular weight is 333 g/mol. The summed E-state index contributed by atoms with van der Waals surface area (Å²) in [5, 5.41) is -0.622. The summed E-state index contributed by atoms with van der Waals surface area (Å²) in [6, 6.07) is 1.08. The Morgan fingerprint density at radius 1 is 1.18 bits per heavy atom. The molecule has 9 heteroatoms. The van der Waals surface area contributed by atoms with Gasteiger partial charge >= 0.3 is 7.12 Å². The maximum atomic E-state index is 13.1. The normalized spacial score (nSPS) is 20.6. The van der Waals surface area contributed by atoms with Crippen molar-refractivity contribution in [1.82, 2.24) is 4.98 Å². The standard InChI is InChI=1S/C13H18BF2NO4S/c1-12(2)13(3,4)21-14(20-12)8-6-9(10(15)16)11(17-7-8)22(5,18)19/h6-7,10H,1-5H3. The van der Waals surface area contributed by atoms with Crippen molar-refractivity contribution in [3.63, 3.8) is 0 Å². The summed E-state index contributed by atoms with van der Waals surface area (Å²) in [5.74, 6) is 0. The van der Waals surface area contributed by atoms with Gasteiger partial charge in [-0.1, -0.05) is 0 Å². The number of alkyl halides is 2. The number of rotatable bonds is 3. The molecule has 0 aliphatic carbocycles. The molecule has 1 aromatic rings. The molecule has 1 aromatic heterocycles. The van der Waals surface area contributed by atoms with E-state index in [2.05, 4.69) is 4.98 Å². The zero-order valence-electron chi connectivity index (χ0n) is 13.1. The SMILES string of the molecule is CC1(C)OB(c2cnc(S(C)(=O)=O)c(C(F)F)c2)OC1(C)C. The fraction of sp³-hybridized carbons (Fsp3) is 0.615. The van der Waals surface area contributed by atoms with Crippen molar-refractivity contribution >= 4 is 22.4 Å². The quantitative estimate of drug-likeness (QED) is 0.788. The van der Waals surface area contributed by atoms with Crippen molar-refractivity contribution in [3.05, 3.63) is 17.8 Å². The van der Waals surface area contributed by atoms with E-state index in [1.165, 1.54) is 6.20 Å². The molecule has 0 bridgehead atoms. The Balaban J connectivity index is 2.46. The van der Waals surface area contributed by atoms with Crippen LogP contribution in [0.15, 0.2) is 17.3 Å². The van der Waals surface area contributed by atoms with Crippen LogP contribution in [0.2, 0.25) is 0 Å². The lowest BCUT2D eigenvalue weighted by molar-refractivity contribution is 0.00578. The first-order chi connectivity index (χ1) is 9.85. The first kappa shape index (κ1) is 17.3. The van der Waals surface area contributed by atoms with E-state index in [0.29, 0.717) is 0 Å². The maximum absolute atomic E-state index is 13.1. The molecule has 0 amide bonds. The Hall–Kier alpha value is -1.06. The van der Waals surface area contributed by atoms with Crippen LogP contribution < -0.4 is 5.46 Å². The monoisotopic (exact) mass is 333 g/mol. The van der Waals surface area contributed by atoms with E-state index in [1.807, 2.05) is 27.7 Å². The molecule has 1 aliphatic rings. The second-order valence-corrected chi connectivity index (χ2v) is 8.26. The van der Waals surface area contributed by atoms with Gasteiger partial charge in [0.05, 0.1) is 16.8 Å². The molecule has 122 valence electrons. The Bertz CT molecular complexity index is 675. The summed E-state index contributed by atoms with van der Waals surface area (Å²) in [4.78, 5) is 3.68. The minimum atomic E-state index is -3.84. The van der Waals surface area contributed by atoms with E-state index >= 15 is 0 Å². The summed E-state index contributed by atoms with van der Waals surface area (Å²) >= 11 is 0. The smallest absolute Gasteiger partial charge is 0.399 e. The van der Waals surface area contributed by atoms with Crippen LogP contribution in [-0.2, 0) is 19.1 Å². The number of aromatic nitrogens is 1. The lowest BCUT2D eigenvalue weighted by atomic mass is 9.80. The molecule has 22 heavy (non-hydrogen) atoms. The first-order valence-corrected chi connectivity index (χ1v) is 8.58. The van der Waals surface area contributed by atoms with Crippen LogP contribution in [0.25, 0.3) is 0 Å². The van der Waals surface area contributed by atoms with Gasteiger partial charge in [-0.05, 0) is 33.8 Å². The van der Waals surface area contributed by atoms with Crippen molar-refractivity contribution in [2.75, 3.05) is 6.26 Å². The Kier molecular flexibility index (Phi) is 4.12. The van der Waals surface area contributed by atoms with Gasteiger partial charge < -0.3 is 9.31 Å². The van der Waals surface area contributed by atoms with Crippen molar-refractivity contribution in [2.45, 2.75) is 50.3 Å². The van der Waals surface area contributed by atoms with Crippen LogP contribution in [0, 0.1) is 0 Å². The number of hydrogen-bond acceptors (Lipinski definition) is 5. The molecule has 0 saturated carbocycles. The highest BCUT2D eigenvalue weighted by molar-refractivity contribution is 7.90. The molecule has 0 spiro atoms. The zero-order chi connectivity index (χ0) is 16.9. The minimum Gasteiger partial charge on any atom is -0.399 e. The molecule has 2 heterocycles. The van der Waals surface area contributed by atoms with Crippen molar-refractivity contribution in [2.24, 2.45) is 0 Å². The Morgan fingerprint density at radius 2 is 1.68 bits per heavy atom. The van der Waals surface area contributed by atoms with Gasteiger partial charge in [0.1, 0.15) is 0 Å². The summed E-state index contributed by atoms with van der Waals surface area (Å²) in [6.07, 6.45) is -0.917. The molecule has 0 atom stereocenters. The maximum Gasteiger partial charge on any atom is 0.496 e. The van der Waals surface area contributed by atoms with Gasteiger partial charge in [-0.2, -0.15) is 0 Å². The largest absolute Gasteiger partial charge is 0.496 e. The van der Waals surface area contributed by atoms with Crippen LogP contribution >= 0.6 is 0 Å². The Morgan fingerprint density at radius 3 is 2.09 bits per heavy atom. The van der Waals surface area contributed by atoms with Gasteiger partial charge in [0.15, 0.2) is 14.9 Å². The highest BCUT2D eigenvalue weighted by Crippen LogP contribution is 2.36. The van der Waals surface area contributed by atoms with Crippen molar-refractivity contribution in [3.8, 4) is 0 Å². The van der Waals surface area contributed by atoms with E-state index in [4.69, 9.17) is 9.31 Å². The number of hydrogen-bond donors (Lipinski definition) is 0. The molecule has 0 aromatic carbocycles. The van der Waals surface area contributed by atoms with Gasteiger partial charge in [-0.3, -0.25) is 0 Å². The van der Waals surface area contributed by atoms with Crippen molar-refractivity contribution < 1.29 is 26.5 Å². The topological polar surface area (TPSA) is 65.5 Å². The molecule has 2 rings (SSSR count). The van der Waals surface area contributed by atoms with Gasteiger partial charge in [-0.15, -0.1) is 0 Å².